The number of hydrogen-bond acceptors (Lipinski definition) is 9. The van der Waals surface area contributed by atoms with E-state index in [1.54, 1.807) is 0 Å². The first-order valence-corrected chi connectivity index (χ1v) is 15.8. The maximum atomic E-state index is 13.6. The van der Waals surface area contributed by atoms with Crippen molar-refractivity contribution in [3.05, 3.63) is 136 Å². The van der Waals surface area contributed by atoms with Crippen LogP contribution in [0.1, 0.15) is 0 Å². The highest BCUT2D eigenvalue weighted by Gasteiger charge is 2.22. The molecule has 0 spiro atoms. The maximum absolute atomic E-state index is 13.6. The van der Waals surface area contributed by atoms with Crippen LogP contribution in [0.5, 0.6) is 0 Å². The second-order valence-corrected chi connectivity index (χ2v) is 13.0. The first kappa shape index (κ1) is 31.8. The lowest BCUT2D eigenvalue weighted by Gasteiger charge is -2.15. The number of azide groups is 3. The van der Waals surface area contributed by atoms with Gasteiger partial charge in [-0.1, -0.05) is 0 Å². The fourth-order valence-corrected chi connectivity index (χ4v) is 5.81. The minimum absolute atomic E-state index is 0.280. The molecule has 1 heterocycles. The van der Waals surface area contributed by atoms with Crippen LogP contribution in [0.4, 0.5) is 0 Å². The van der Waals surface area contributed by atoms with Gasteiger partial charge in [-0.2, -0.15) is 0 Å². The van der Waals surface area contributed by atoms with E-state index in [0.29, 0.717) is 13.7 Å². The van der Waals surface area contributed by atoms with E-state index < -0.39 is 61.8 Å². The highest BCUT2D eigenvalue weighted by molar-refractivity contribution is 7.90. The maximum Gasteiger partial charge on any atom is 0.345 e. The predicted molar refractivity (Wildman–Crippen MR) is 152 cm³/mol. The van der Waals surface area contributed by atoms with E-state index in [4.69, 9.17) is 16.6 Å². The van der Waals surface area contributed by atoms with E-state index in [0.717, 1.165) is 72.8 Å². The molecule has 21 nitrogen and oxygen atoms in total. The molecule has 1 aromatic heterocycles. The van der Waals surface area contributed by atoms with Gasteiger partial charge in [-0.15, -0.1) is 0 Å². The molecule has 3 aromatic carbocycles. The largest absolute Gasteiger partial charge is 0.345 e. The summed E-state index contributed by atoms with van der Waals surface area (Å²) >= 11 is 0. The molecule has 228 valence electrons. The van der Waals surface area contributed by atoms with E-state index in [2.05, 4.69) is 28.3 Å². The minimum atomic E-state index is -4.46. The third-order valence-corrected chi connectivity index (χ3v) is 9.23. The quantitative estimate of drug-likeness (QED) is 0.142. The lowest BCUT2D eigenvalue weighted by molar-refractivity contribution is 0.595. The highest BCUT2D eigenvalue weighted by Crippen LogP contribution is 2.18. The molecule has 4 rings (SSSR count). The van der Waals surface area contributed by atoms with Crippen LogP contribution < -0.4 is 17.1 Å². The van der Waals surface area contributed by atoms with E-state index in [9.17, 15) is 39.6 Å². The summed E-state index contributed by atoms with van der Waals surface area (Å²) in [4.78, 5) is 46.1. The zero-order valence-electron chi connectivity index (χ0n) is 21.7. The van der Waals surface area contributed by atoms with Crippen LogP contribution in [0, 0.1) is 0 Å². The van der Waals surface area contributed by atoms with Gasteiger partial charge in [-0.25, -0.2) is 53.3 Å². The Morgan fingerprint density at radius 3 is 0.800 bits per heavy atom. The molecule has 0 aliphatic heterocycles. The van der Waals surface area contributed by atoms with Crippen LogP contribution in [0.15, 0.2) is 115 Å². The number of nitrogens with zero attached hydrogens (tertiary/aromatic N) is 12. The predicted octanol–water partition coefficient (Wildman–Crippen LogP) is 2.14. The molecule has 0 aliphatic carbocycles. The van der Waals surface area contributed by atoms with Crippen molar-refractivity contribution in [3.63, 3.8) is 0 Å². The fraction of sp³-hybridized carbons (Fsp3) is 0. The molecule has 0 saturated carbocycles. The van der Waals surface area contributed by atoms with Crippen LogP contribution in [-0.2, 0) is 30.1 Å². The van der Waals surface area contributed by atoms with Crippen molar-refractivity contribution in [1.82, 2.24) is 13.7 Å². The van der Waals surface area contributed by atoms with Gasteiger partial charge in [0, 0.05) is 28.3 Å². The first-order valence-electron chi connectivity index (χ1n) is 11.4. The van der Waals surface area contributed by atoms with Crippen LogP contribution in [0.25, 0.3) is 48.4 Å². The Labute approximate surface area is 249 Å². The van der Waals surface area contributed by atoms with Crippen molar-refractivity contribution >= 4 is 30.1 Å². The molecular weight excluding hydrogens is 661 g/mol. The van der Waals surface area contributed by atoms with E-state index in [-0.39, 0.29) is 17.1 Å². The molecule has 0 amide bonds. The van der Waals surface area contributed by atoms with Gasteiger partial charge in [0.05, 0.1) is 31.7 Å². The molecule has 0 saturated heterocycles. The second kappa shape index (κ2) is 11.9. The monoisotopic (exact) mass is 672 g/mol. The average Bonchev–Trinajstić information content (AvgIpc) is 2.98. The number of benzene rings is 3. The Morgan fingerprint density at radius 1 is 0.422 bits per heavy atom. The van der Waals surface area contributed by atoms with Gasteiger partial charge in [0.15, 0.2) is 0 Å². The SMILES string of the molecule is [N-]=[N+]=NS(=O)(=O)c1ccc(-n2c(=O)n(-c3ccc(S(=O)(=O)N=[N+]=[N-])cc3)c(=O)n(-c3ccc(S(=O)(=O)N=[N+]=[N-])cc3)c2=O)cc1. The topological polar surface area (TPSA) is 315 Å². The van der Waals surface area contributed by atoms with Gasteiger partial charge in [-0.05, 0) is 89.4 Å². The number of rotatable bonds is 9. The molecule has 0 bridgehead atoms. The molecular formula is C21H12N12O9S3. The Balaban J connectivity index is 2.04. The van der Waals surface area contributed by atoms with Crippen LogP contribution in [0.2, 0.25) is 0 Å². The zero-order valence-corrected chi connectivity index (χ0v) is 24.1. The third kappa shape index (κ3) is 6.03. The number of aromatic nitrogens is 3. The normalized spacial score (nSPS) is 11.5. The molecule has 4 aromatic rings. The molecule has 0 unspecified atom stereocenters. The van der Waals surface area contributed by atoms with Crippen LogP contribution in [0.3, 0.4) is 0 Å². The summed E-state index contributed by atoms with van der Waals surface area (Å²) in [6.45, 7) is 0. The van der Waals surface area contributed by atoms with E-state index in [1.165, 1.54) is 0 Å². The summed E-state index contributed by atoms with van der Waals surface area (Å²) in [7, 11) is -13.4. The van der Waals surface area contributed by atoms with Crippen LogP contribution >= 0.6 is 0 Å². The Hall–Kier alpha value is -6.15. The lowest BCUT2D eigenvalue weighted by Crippen LogP contribution is -2.52. The first-order chi connectivity index (χ1) is 21.2. The second-order valence-electron chi connectivity index (χ2n) is 8.27. The smallest absolute Gasteiger partial charge is 0.246 e. The highest BCUT2D eigenvalue weighted by atomic mass is 32.2. The number of sulfonamides is 3. The standard InChI is InChI=1S/C21H12N12O9S3/c22-25-28-43(37,38)16-7-1-13(2-8-16)31-19(34)32(14-3-9-17(10-4-14)44(39,40)29-26-23)21(36)33(20(31)35)15-5-11-18(12-6-15)45(41,42)30-27-24/h1-12H. The Bertz CT molecular complexity index is 2210. The van der Waals surface area contributed by atoms with Crippen molar-refractivity contribution in [3.8, 4) is 17.1 Å². The van der Waals surface area contributed by atoms with Gasteiger partial charge in [0.25, 0.3) is 30.1 Å². The molecule has 24 heteroatoms. The van der Waals surface area contributed by atoms with Gasteiger partial charge in [0.1, 0.15) is 0 Å². The van der Waals surface area contributed by atoms with Gasteiger partial charge < -0.3 is 0 Å². The summed E-state index contributed by atoms with van der Waals surface area (Å²) in [5.41, 5.74) is 20.7. The molecule has 0 radical (unpaired) electrons. The molecule has 0 atom stereocenters. The van der Waals surface area contributed by atoms with Gasteiger partial charge >= 0.3 is 17.1 Å². The van der Waals surface area contributed by atoms with Crippen molar-refractivity contribution < 1.29 is 25.3 Å². The molecule has 0 N–H and O–H groups in total. The summed E-state index contributed by atoms with van der Waals surface area (Å²) in [5.74, 6) is 0. The zero-order chi connectivity index (χ0) is 33.2. The van der Waals surface area contributed by atoms with Crippen molar-refractivity contribution in [2.45, 2.75) is 14.7 Å². The fourth-order valence-electron chi connectivity index (χ4n) is 3.80. The molecule has 45 heavy (non-hydrogen) atoms. The Morgan fingerprint density at radius 2 is 0.622 bits per heavy atom. The average molecular weight is 673 g/mol. The lowest BCUT2D eigenvalue weighted by atomic mass is 10.3. The third-order valence-electron chi connectivity index (χ3n) is 5.76. The number of hydrogen-bond donors (Lipinski definition) is 0. The summed E-state index contributed by atoms with van der Waals surface area (Å²) in [6, 6.07) is 11.4. The van der Waals surface area contributed by atoms with E-state index >= 15 is 0 Å². The molecule has 0 fully saturated rings. The van der Waals surface area contributed by atoms with Crippen molar-refractivity contribution in [1.29, 1.82) is 0 Å². The van der Waals surface area contributed by atoms with Crippen molar-refractivity contribution in [2.75, 3.05) is 0 Å². The minimum Gasteiger partial charge on any atom is -0.246 e. The van der Waals surface area contributed by atoms with Crippen LogP contribution in [-0.4, -0.2) is 39.0 Å². The summed E-state index contributed by atoms with van der Waals surface area (Å²) < 4.78 is 81.9. The summed E-state index contributed by atoms with van der Waals surface area (Å²) in [6.07, 6.45) is 0. The van der Waals surface area contributed by atoms with E-state index in [1.807, 2.05) is 0 Å². The summed E-state index contributed by atoms with van der Waals surface area (Å²) in [5, 5.41) is 0. The van der Waals surface area contributed by atoms with Gasteiger partial charge in [0.2, 0.25) is 0 Å². The van der Waals surface area contributed by atoms with Gasteiger partial charge in [-0.3, -0.25) is 0 Å². The molecule has 0 aliphatic rings. The Kier molecular flexibility index (Phi) is 8.37. The van der Waals surface area contributed by atoms with Crippen molar-refractivity contribution in [2.24, 2.45) is 13.6 Å².